The molecule has 1 aromatic carbocycles. The predicted octanol–water partition coefficient (Wildman–Crippen LogP) is 3.17. The van der Waals surface area contributed by atoms with Gasteiger partial charge in [0.15, 0.2) is 5.82 Å². The lowest BCUT2D eigenvalue weighted by Crippen LogP contribution is -2.21. The van der Waals surface area contributed by atoms with Crippen LogP contribution in [-0.2, 0) is 0 Å². The molecule has 31 heavy (non-hydrogen) atoms. The van der Waals surface area contributed by atoms with E-state index < -0.39 is 0 Å². The summed E-state index contributed by atoms with van der Waals surface area (Å²) in [6.07, 6.45) is 9.21. The largest absolute Gasteiger partial charge is 0.336 e. The van der Waals surface area contributed by atoms with E-state index in [1.165, 1.54) is 12.1 Å². The van der Waals surface area contributed by atoms with Crippen LogP contribution in [-0.4, -0.2) is 35.3 Å². The normalized spacial score (nSPS) is 12.7. The number of rotatable bonds is 4. The van der Waals surface area contributed by atoms with Crippen molar-refractivity contribution in [1.82, 2.24) is 35.3 Å². The predicted molar refractivity (Wildman–Crippen MR) is 118 cm³/mol. The number of aromatic nitrogens is 7. The van der Waals surface area contributed by atoms with Gasteiger partial charge in [-0.25, -0.2) is 9.37 Å². The Morgan fingerprint density at radius 2 is 1.97 bits per heavy atom. The molecule has 7 nitrogen and oxygen atoms in total. The van der Waals surface area contributed by atoms with E-state index in [2.05, 4.69) is 36.9 Å². The molecule has 0 atom stereocenters. The van der Waals surface area contributed by atoms with Gasteiger partial charge in [0.05, 0.1) is 22.8 Å². The van der Waals surface area contributed by atoms with Crippen LogP contribution < -0.4 is 10.6 Å². The summed E-state index contributed by atoms with van der Waals surface area (Å²) in [6, 6.07) is 8.04. The van der Waals surface area contributed by atoms with E-state index in [1.807, 2.05) is 31.3 Å². The number of imidazole rings is 1. The molecule has 0 bridgehead atoms. The summed E-state index contributed by atoms with van der Waals surface area (Å²) in [4.78, 5) is 12.4. The number of hydrogen-bond donors (Lipinski definition) is 3. The molecule has 0 saturated carbocycles. The summed E-state index contributed by atoms with van der Waals surface area (Å²) < 4.78 is 13.3. The van der Waals surface area contributed by atoms with Crippen molar-refractivity contribution < 1.29 is 4.39 Å². The van der Waals surface area contributed by atoms with Gasteiger partial charge in [0.1, 0.15) is 17.0 Å². The van der Waals surface area contributed by atoms with Gasteiger partial charge in [-0.3, -0.25) is 15.2 Å². The molecular formula is C23H18FN7. The van der Waals surface area contributed by atoms with Crippen LogP contribution in [0, 0.1) is 5.82 Å². The average molecular weight is 411 g/mol. The first kappa shape index (κ1) is 18.7. The SMILES string of the molecule is C=c1c(-c2nc3c(-c4ccc(F)cc4)nccc3[nH]2)n[nH]/c1=C/C=C(\C)c1cn[nH]c1. The molecule has 5 aromatic rings. The maximum atomic E-state index is 13.3. The van der Waals surface area contributed by atoms with Crippen molar-refractivity contribution in [3.05, 3.63) is 76.9 Å². The van der Waals surface area contributed by atoms with Gasteiger partial charge in [-0.2, -0.15) is 10.2 Å². The molecule has 0 spiro atoms. The summed E-state index contributed by atoms with van der Waals surface area (Å²) in [5.74, 6) is 0.292. The van der Waals surface area contributed by atoms with Crippen LogP contribution >= 0.6 is 0 Å². The van der Waals surface area contributed by atoms with Crippen molar-refractivity contribution in [3.63, 3.8) is 0 Å². The van der Waals surface area contributed by atoms with E-state index in [9.17, 15) is 4.39 Å². The van der Waals surface area contributed by atoms with E-state index in [0.717, 1.165) is 32.8 Å². The molecule has 0 fully saturated rings. The molecule has 0 radical (unpaired) electrons. The monoisotopic (exact) mass is 411 g/mol. The Kier molecular flexibility index (Phi) is 4.51. The molecule has 3 N–H and O–H groups in total. The van der Waals surface area contributed by atoms with Gasteiger partial charge >= 0.3 is 0 Å². The minimum absolute atomic E-state index is 0.294. The Balaban J connectivity index is 1.56. The smallest absolute Gasteiger partial charge is 0.159 e. The molecule has 0 amide bonds. The average Bonchev–Trinajstić information content (AvgIpc) is 3.52. The molecule has 4 heterocycles. The number of pyridine rings is 1. The van der Waals surface area contributed by atoms with Crippen molar-refractivity contribution in [3.8, 4) is 22.8 Å². The first-order valence-electron chi connectivity index (χ1n) is 9.62. The Bertz CT molecular complexity index is 1510. The lowest BCUT2D eigenvalue weighted by Gasteiger charge is -2.01. The molecule has 0 saturated heterocycles. The zero-order valence-electron chi connectivity index (χ0n) is 16.6. The van der Waals surface area contributed by atoms with E-state index in [-0.39, 0.29) is 5.82 Å². The first-order valence-corrected chi connectivity index (χ1v) is 9.62. The summed E-state index contributed by atoms with van der Waals surface area (Å²) >= 11 is 0. The topological polar surface area (TPSA) is 98.9 Å². The number of fused-ring (bicyclic) bond motifs is 1. The van der Waals surface area contributed by atoms with Gasteiger partial charge in [-0.05, 0) is 48.9 Å². The number of hydrogen-bond acceptors (Lipinski definition) is 4. The number of allylic oxidation sites excluding steroid dienone is 2. The van der Waals surface area contributed by atoms with E-state index in [4.69, 9.17) is 4.98 Å². The van der Waals surface area contributed by atoms with E-state index in [0.29, 0.717) is 22.7 Å². The Morgan fingerprint density at radius 1 is 1.13 bits per heavy atom. The third kappa shape index (κ3) is 3.44. The van der Waals surface area contributed by atoms with Gasteiger partial charge in [0.25, 0.3) is 0 Å². The molecular weight excluding hydrogens is 393 g/mol. The zero-order chi connectivity index (χ0) is 21.4. The lowest BCUT2D eigenvalue weighted by atomic mass is 10.1. The fraction of sp³-hybridized carbons (Fsp3) is 0.0435. The van der Waals surface area contributed by atoms with Gasteiger partial charge in [-0.15, -0.1) is 0 Å². The van der Waals surface area contributed by atoms with Crippen LogP contribution in [0.15, 0.2) is 55.0 Å². The van der Waals surface area contributed by atoms with Crippen LogP contribution in [0.2, 0.25) is 0 Å². The van der Waals surface area contributed by atoms with E-state index in [1.54, 1.807) is 24.5 Å². The number of nitrogens with one attached hydrogen (secondary N) is 3. The second-order valence-electron chi connectivity index (χ2n) is 7.12. The molecule has 5 rings (SSSR count). The molecule has 0 aliphatic heterocycles. The Hall–Kier alpha value is -4.33. The zero-order valence-corrected chi connectivity index (χ0v) is 16.6. The van der Waals surface area contributed by atoms with Crippen molar-refractivity contribution in [1.29, 1.82) is 0 Å². The fourth-order valence-electron chi connectivity index (χ4n) is 3.35. The molecule has 8 heteroatoms. The number of nitrogens with zero attached hydrogens (tertiary/aromatic N) is 4. The molecule has 0 aliphatic carbocycles. The second-order valence-corrected chi connectivity index (χ2v) is 7.12. The van der Waals surface area contributed by atoms with Crippen LogP contribution in [0.3, 0.4) is 0 Å². The van der Waals surface area contributed by atoms with Crippen molar-refractivity contribution in [2.75, 3.05) is 0 Å². The van der Waals surface area contributed by atoms with Crippen LogP contribution in [0.5, 0.6) is 0 Å². The van der Waals surface area contributed by atoms with Crippen molar-refractivity contribution in [2.45, 2.75) is 6.92 Å². The standard InChI is InChI=1S/C23H18FN7/c1-13(16-11-26-27-12-16)3-8-18-14(2)20(31-30-18)23-28-19-9-10-25-21(22(19)29-23)15-4-6-17(24)7-5-15/h3-12,30H,2H2,1H3,(H,26,27)(H,28,29)/b13-3+,18-8+. The summed E-state index contributed by atoms with van der Waals surface area (Å²) in [6.45, 7) is 6.17. The summed E-state index contributed by atoms with van der Waals surface area (Å²) in [5, 5.41) is 15.7. The molecule has 0 unspecified atom stereocenters. The maximum Gasteiger partial charge on any atom is 0.159 e. The molecule has 0 aliphatic rings. The Labute approximate surface area is 176 Å². The van der Waals surface area contributed by atoms with Crippen LogP contribution in [0.1, 0.15) is 12.5 Å². The number of aromatic amines is 3. The number of benzene rings is 1. The highest BCUT2D eigenvalue weighted by Gasteiger charge is 2.14. The third-order valence-corrected chi connectivity index (χ3v) is 5.10. The van der Waals surface area contributed by atoms with Gasteiger partial charge in [0, 0.05) is 28.7 Å². The quantitative estimate of drug-likeness (QED) is 0.423. The first-order chi connectivity index (χ1) is 15.1. The minimum Gasteiger partial charge on any atom is -0.336 e. The van der Waals surface area contributed by atoms with Crippen LogP contribution in [0.4, 0.5) is 4.39 Å². The highest BCUT2D eigenvalue weighted by molar-refractivity contribution is 5.91. The third-order valence-electron chi connectivity index (χ3n) is 5.10. The molecule has 152 valence electrons. The number of H-pyrrole nitrogens is 3. The summed E-state index contributed by atoms with van der Waals surface area (Å²) in [5.41, 5.74) is 5.66. The van der Waals surface area contributed by atoms with Crippen molar-refractivity contribution in [2.24, 2.45) is 0 Å². The van der Waals surface area contributed by atoms with Crippen LogP contribution in [0.25, 0.3) is 52.0 Å². The Morgan fingerprint density at radius 3 is 2.74 bits per heavy atom. The van der Waals surface area contributed by atoms with Gasteiger partial charge < -0.3 is 4.98 Å². The highest BCUT2D eigenvalue weighted by Crippen LogP contribution is 2.26. The highest BCUT2D eigenvalue weighted by atomic mass is 19.1. The van der Waals surface area contributed by atoms with Gasteiger partial charge in [0.2, 0.25) is 0 Å². The lowest BCUT2D eigenvalue weighted by molar-refractivity contribution is 0.628. The van der Waals surface area contributed by atoms with Gasteiger partial charge in [-0.1, -0.05) is 12.7 Å². The molecule has 4 aromatic heterocycles. The maximum absolute atomic E-state index is 13.3. The second kappa shape index (κ2) is 7.49. The van der Waals surface area contributed by atoms with E-state index >= 15 is 0 Å². The minimum atomic E-state index is -0.294. The van der Waals surface area contributed by atoms with Crippen molar-refractivity contribution >= 4 is 29.3 Å². The summed E-state index contributed by atoms with van der Waals surface area (Å²) in [7, 11) is 0. The number of halogens is 1. The fourth-order valence-corrected chi connectivity index (χ4v) is 3.35.